The molecule has 0 saturated heterocycles. The minimum atomic E-state index is -4.65. The number of rotatable bonds is 5. The van der Waals surface area contributed by atoms with E-state index in [9.17, 15) is 31.2 Å². The van der Waals surface area contributed by atoms with E-state index in [4.69, 9.17) is 27.9 Å². The van der Waals surface area contributed by atoms with Gasteiger partial charge in [-0.1, -0.05) is 23.2 Å². The lowest BCUT2D eigenvalue weighted by Crippen LogP contribution is -2.30. The monoisotopic (exact) mass is 483 g/mol. The molecule has 1 atom stereocenters. The van der Waals surface area contributed by atoms with E-state index in [1.165, 1.54) is 19.1 Å². The summed E-state index contributed by atoms with van der Waals surface area (Å²) in [5.74, 6) is -2.05. The van der Waals surface area contributed by atoms with E-state index in [1.54, 1.807) is 0 Å². The second kappa shape index (κ2) is 8.83. The molecule has 6 nitrogen and oxygen atoms in total. The number of esters is 1. The van der Waals surface area contributed by atoms with E-state index in [1.807, 2.05) is 0 Å². The molecule has 0 radical (unpaired) electrons. The smallest absolute Gasteiger partial charge is 0.416 e. The van der Waals surface area contributed by atoms with Gasteiger partial charge in [0.2, 0.25) is 0 Å². The molecule has 0 heterocycles. The lowest BCUT2D eigenvalue weighted by Gasteiger charge is -2.16. The fraction of sp³-hybridized carbons (Fsp3) is 0.222. The molecule has 0 bridgehead atoms. The second-order valence-electron chi connectivity index (χ2n) is 6.14. The molecule has 162 valence electrons. The number of anilines is 1. The van der Waals surface area contributed by atoms with E-state index >= 15 is 0 Å². The zero-order valence-corrected chi connectivity index (χ0v) is 17.7. The maximum absolute atomic E-state index is 12.8. The van der Waals surface area contributed by atoms with Crippen LogP contribution in [0, 0.1) is 0 Å². The van der Waals surface area contributed by atoms with Crippen LogP contribution in [0.4, 0.5) is 18.9 Å². The predicted molar refractivity (Wildman–Crippen MR) is 105 cm³/mol. The van der Waals surface area contributed by atoms with E-state index in [0.29, 0.717) is 6.07 Å². The van der Waals surface area contributed by atoms with Gasteiger partial charge in [0.25, 0.3) is 5.91 Å². The van der Waals surface area contributed by atoms with E-state index in [0.717, 1.165) is 24.5 Å². The third-order valence-corrected chi connectivity index (χ3v) is 5.56. The summed E-state index contributed by atoms with van der Waals surface area (Å²) < 4.78 is 66.7. The molecule has 0 spiro atoms. The summed E-state index contributed by atoms with van der Waals surface area (Å²) >= 11 is 11.7. The Bertz CT molecular complexity index is 1100. The van der Waals surface area contributed by atoms with Crippen molar-refractivity contribution in [2.24, 2.45) is 0 Å². The van der Waals surface area contributed by atoms with E-state index < -0.39 is 39.6 Å². The average molecular weight is 484 g/mol. The number of benzene rings is 2. The van der Waals surface area contributed by atoms with Crippen LogP contribution in [0.2, 0.25) is 10.0 Å². The van der Waals surface area contributed by atoms with Crippen LogP contribution in [-0.4, -0.2) is 32.7 Å². The van der Waals surface area contributed by atoms with Crippen molar-refractivity contribution < 1.29 is 35.9 Å². The van der Waals surface area contributed by atoms with Gasteiger partial charge in [0.15, 0.2) is 15.9 Å². The predicted octanol–water partition coefficient (Wildman–Crippen LogP) is 4.60. The van der Waals surface area contributed by atoms with Crippen LogP contribution in [-0.2, 0) is 25.5 Å². The van der Waals surface area contributed by atoms with Gasteiger partial charge in [0.05, 0.1) is 31.8 Å². The Labute approximate surface area is 179 Å². The minimum absolute atomic E-state index is 0.110. The number of carbonyl (C=O) groups excluding carboxylic acids is 2. The lowest BCUT2D eigenvalue weighted by molar-refractivity contribution is -0.137. The molecule has 30 heavy (non-hydrogen) atoms. The largest absolute Gasteiger partial charge is 0.449 e. The first-order valence-corrected chi connectivity index (χ1v) is 10.7. The van der Waals surface area contributed by atoms with Crippen molar-refractivity contribution in [3.8, 4) is 0 Å². The molecule has 0 saturated carbocycles. The molecule has 2 aromatic rings. The highest BCUT2D eigenvalue weighted by Gasteiger charge is 2.31. The molecule has 2 rings (SSSR count). The average Bonchev–Trinajstić information content (AvgIpc) is 2.61. The van der Waals surface area contributed by atoms with Crippen molar-refractivity contribution in [3.63, 3.8) is 0 Å². The van der Waals surface area contributed by atoms with Crippen LogP contribution in [0.1, 0.15) is 22.8 Å². The number of halogens is 5. The van der Waals surface area contributed by atoms with Crippen LogP contribution in [0.5, 0.6) is 0 Å². The fourth-order valence-electron chi connectivity index (χ4n) is 2.20. The van der Waals surface area contributed by atoms with Crippen molar-refractivity contribution in [2.45, 2.75) is 24.1 Å². The Morgan fingerprint density at radius 1 is 1.07 bits per heavy atom. The zero-order valence-electron chi connectivity index (χ0n) is 15.4. The number of hydrogen-bond donors (Lipinski definition) is 1. The van der Waals surface area contributed by atoms with Crippen LogP contribution < -0.4 is 5.32 Å². The Balaban J connectivity index is 2.18. The number of amides is 1. The summed E-state index contributed by atoms with van der Waals surface area (Å²) in [7, 11) is -3.63. The normalized spacial score (nSPS) is 12.9. The van der Waals surface area contributed by atoms with Gasteiger partial charge in [-0.2, -0.15) is 13.2 Å². The van der Waals surface area contributed by atoms with Crippen LogP contribution in [0.3, 0.4) is 0 Å². The van der Waals surface area contributed by atoms with Crippen LogP contribution >= 0.6 is 23.2 Å². The molecule has 0 aliphatic carbocycles. The summed E-state index contributed by atoms with van der Waals surface area (Å²) in [6.45, 7) is 1.17. The van der Waals surface area contributed by atoms with Crippen molar-refractivity contribution in [3.05, 3.63) is 57.6 Å². The molecule has 0 aliphatic rings. The molecule has 0 fully saturated rings. The van der Waals surface area contributed by atoms with Gasteiger partial charge in [0.1, 0.15) is 0 Å². The highest BCUT2D eigenvalue weighted by molar-refractivity contribution is 7.90. The van der Waals surface area contributed by atoms with Gasteiger partial charge >= 0.3 is 12.1 Å². The van der Waals surface area contributed by atoms with Gasteiger partial charge in [-0.05, 0) is 43.3 Å². The van der Waals surface area contributed by atoms with Crippen molar-refractivity contribution in [1.82, 2.24) is 0 Å². The maximum Gasteiger partial charge on any atom is 0.416 e. The van der Waals surface area contributed by atoms with Gasteiger partial charge in [-0.25, -0.2) is 13.2 Å². The molecule has 12 heteroatoms. The first-order chi connectivity index (χ1) is 13.7. The Kier molecular flexibility index (Phi) is 7.05. The third kappa shape index (κ3) is 5.87. The summed E-state index contributed by atoms with van der Waals surface area (Å²) in [4.78, 5) is 24.4. The zero-order chi connectivity index (χ0) is 22.9. The molecule has 0 aromatic heterocycles. The van der Waals surface area contributed by atoms with Gasteiger partial charge in [0, 0.05) is 6.26 Å². The fourth-order valence-corrected chi connectivity index (χ4v) is 3.21. The number of nitrogens with one attached hydrogen (secondary N) is 1. The Morgan fingerprint density at radius 3 is 2.23 bits per heavy atom. The van der Waals surface area contributed by atoms with Crippen molar-refractivity contribution >= 4 is 50.6 Å². The summed E-state index contributed by atoms with van der Waals surface area (Å²) in [6.07, 6.45) is -5.18. The molecule has 2 aromatic carbocycles. The molecule has 0 aliphatic heterocycles. The molecule has 1 unspecified atom stereocenters. The Morgan fingerprint density at radius 2 is 1.67 bits per heavy atom. The number of sulfone groups is 1. The lowest BCUT2D eigenvalue weighted by atomic mass is 10.2. The number of hydrogen-bond acceptors (Lipinski definition) is 5. The first-order valence-electron chi connectivity index (χ1n) is 8.08. The molecular formula is C18H14Cl2F3NO5S. The maximum atomic E-state index is 12.8. The number of ether oxygens (including phenoxy) is 1. The highest BCUT2D eigenvalue weighted by Crippen LogP contribution is 2.34. The van der Waals surface area contributed by atoms with Crippen LogP contribution in [0.15, 0.2) is 41.3 Å². The minimum Gasteiger partial charge on any atom is -0.449 e. The summed E-state index contributed by atoms with van der Waals surface area (Å²) in [5.41, 5.74) is -1.65. The van der Waals surface area contributed by atoms with E-state index in [-0.39, 0.29) is 26.2 Å². The van der Waals surface area contributed by atoms with Gasteiger partial charge < -0.3 is 10.1 Å². The SMILES string of the molecule is CC(OC(=O)c1cc(S(C)(=O)=O)ccc1Cl)C(=O)Nc1cc(C(F)(F)F)ccc1Cl. The first kappa shape index (κ1) is 24.0. The van der Waals surface area contributed by atoms with Crippen molar-refractivity contribution in [2.75, 3.05) is 11.6 Å². The topological polar surface area (TPSA) is 89.5 Å². The molecule has 1 amide bonds. The third-order valence-electron chi connectivity index (χ3n) is 3.79. The van der Waals surface area contributed by atoms with E-state index in [2.05, 4.69) is 5.32 Å². The number of alkyl halides is 3. The van der Waals surface area contributed by atoms with Gasteiger partial charge in [-0.3, -0.25) is 4.79 Å². The summed E-state index contributed by atoms with van der Waals surface area (Å²) in [5, 5.41) is 1.89. The summed E-state index contributed by atoms with van der Waals surface area (Å²) in [6, 6.07) is 5.72. The molecular weight excluding hydrogens is 470 g/mol. The second-order valence-corrected chi connectivity index (χ2v) is 8.97. The highest BCUT2D eigenvalue weighted by atomic mass is 35.5. The van der Waals surface area contributed by atoms with Crippen LogP contribution in [0.25, 0.3) is 0 Å². The van der Waals surface area contributed by atoms with Gasteiger partial charge in [-0.15, -0.1) is 0 Å². The quantitative estimate of drug-likeness (QED) is 0.627. The number of carbonyl (C=O) groups is 2. The standard InChI is InChI=1S/C18H14Cl2F3NO5S/c1-9(16(25)24-15-7-10(18(21,22)23)3-5-14(15)20)29-17(26)12-8-11(30(2,27)28)4-6-13(12)19/h3-9H,1-2H3,(H,24,25). The molecule has 1 N–H and O–H groups in total. The Hall–Kier alpha value is -2.30. The van der Waals surface area contributed by atoms with Crippen molar-refractivity contribution in [1.29, 1.82) is 0 Å².